The fourth-order valence-electron chi connectivity index (χ4n) is 2.08. The lowest BCUT2D eigenvalue weighted by Gasteiger charge is -2.26. The number of thiophene rings is 1. The van der Waals surface area contributed by atoms with E-state index < -0.39 is 5.97 Å². The predicted octanol–water partition coefficient (Wildman–Crippen LogP) is 0.733. The van der Waals surface area contributed by atoms with Crippen LogP contribution in [0.4, 0.5) is 10.7 Å². The van der Waals surface area contributed by atoms with Gasteiger partial charge in [-0.25, -0.2) is 4.79 Å². The zero-order chi connectivity index (χ0) is 15.2. The van der Waals surface area contributed by atoms with Crippen LogP contribution in [0.15, 0.2) is 0 Å². The van der Waals surface area contributed by atoms with Crippen molar-refractivity contribution in [3.8, 4) is 6.07 Å². The average Bonchev–Trinajstić information content (AvgIpc) is 2.83. The minimum Gasteiger partial charge on any atom is -0.465 e. The third-order valence-corrected chi connectivity index (χ3v) is 4.39. The van der Waals surface area contributed by atoms with Crippen LogP contribution in [0, 0.1) is 11.3 Å². The molecular weight excluding hydrogens is 292 g/mol. The summed E-state index contributed by atoms with van der Waals surface area (Å²) in [5, 5.41) is 13.0. The molecule has 1 saturated heterocycles. The van der Waals surface area contributed by atoms with Gasteiger partial charge < -0.3 is 20.5 Å². The molecule has 1 aromatic rings. The number of esters is 1. The molecule has 21 heavy (non-hydrogen) atoms. The smallest absolute Gasteiger partial charge is 0.350 e. The second-order valence-electron chi connectivity index (χ2n) is 4.53. The van der Waals surface area contributed by atoms with E-state index in [1.807, 2.05) is 6.07 Å². The van der Waals surface area contributed by atoms with Crippen LogP contribution in [0.1, 0.15) is 15.2 Å². The Hall–Kier alpha value is -1.82. The van der Waals surface area contributed by atoms with E-state index >= 15 is 0 Å². The normalized spacial score (nSPS) is 15.4. The van der Waals surface area contributed by atoms with Crippen LogP contribution in [0.5, 0.6) is 0 Å². The van der Waals surface area contributed by atoms with Crippen molar-refractivity contribution >= 4 is 28.0 Å². The van der Waals surface area contributed by atoms with Crippen LogP contribution in [-0.2, 0) is 9.47 Å². The molecular formula is C13H18N4O3S. The topological polar surface area (TPSA) is 101 Å². The number of hydrogen-bond donors (Lipinski definition) is 2. The number of methoxy groups -OCH3 is 1. The lowest BCUT2D eigenvalue weighted by molar-refractivity contribution is 0.0398. The molecule has 1 fully saturated rings. The maximum atomic E-state index is 11.6. The molecule has 7 nitrogen and oxygen atoms in total. The number of nitriles is 1. The maximum absolute atomic E-state index is 11.6. The van der Waals surface area contributed by atoms with E-state index in [4.69, 9.17) is 10.5 Å². The van der Waals surface area contributed by atoms with Gasteiger partial charge in [0.2, 0.25) is 0 Å². The molecule has 0 saturated carbocycles. The van der Waals surface area contributed by atoms with Crippen molar-refractivity contribution in [3.05, 3.63) is 10.4 Å². The summed E-state index contributed by atoms with van der Waals surface area (Å²) < 4.78 is 9.95. The quantitative estimate of drug-likeness (QED) is 0.773. The molecule has 2 heterocycles. The molecule has 0 aromatic carbocycles. The van der Waals surface area contributed by atoms with E-state index in [2.05, 4.69) is 15.0 Å². The van der Waals surface area contributed by atoms with Crippen LogP contribution >= 0.6 is 11.3 Å². The zero-order valence-corrected chi connectivity index (χ0v) is 12.7. The first kappa shape index (κ1) is 15.6. The zero-order valence-electron chi connectivity index (χ0n) is 11.8. The van der Waals surface area contributed by atoms with Crippen molar-refractivity contribution in [1.29, 1.82) is 5.26 Å². The van der Waals surface area contributed by atoms with E-state index in [9.17, 15) is 10.1 Å². The minimum atomic E-state index is -0.518. The highest BCUT2D eigenvalue weighted by atomic mass is 32.1. The number of hydrogen-bond acceptors (Lipinski definition) is 8. The van der Waals surface area contributed by atoms with Gasteiger partial charge in [-0.15, -0.1) is 11.3 Å². The Balaban J connectivity index is 1.99. The molecule has 114 valence electrons. The molecule has 2 rings (SSSR count). The van der Waals surface area contributed by atoms with Gasteiger partial charge in [-0.05, 0) is 0 Å². The Labute approximate surface area is 127 Å². The number of carbonyl (C=O) groups is 1. The lowest BCUT2D eigenvalue weighted by Crippen LogP contribution is -2.38. The monoisotopic (exact) mass is 310 g/mol. The molecule has 0 atom stereocenters. The van der Waals surface area contributed by atoms with Crippen LogP contribution in [-0.4, -0.2) is 57.4 Å². The summed E-state index contributed by atoms with van der Waals surface area (Å²) in [7, 11) is 1.29. The largest absolute Gasteiger partial charge is 0.465 e. The number of nitrogens with two attached hydrogens (primary N) is 1. The number of ether oxygens (including phenoxy) is 2. The minimum absolute atomic E-state index is 0.184. The van der Waals surface area contributed by atoms with E-state index in [0.717, 1.165) is 44.2 Å². The molecule has 0 radical (unpaired) electrons. The summed E-state index contributed by atoms with van der Waals surface area (Å²) in [5.41, 5.74) is 6.32. The Morgan fingerprint density at radius 2 is 2.29 bits per heavy atom. The van der Waals surface area contributed by atoms with Crippen molar-refractivity contribution < 1.29 is 14.3 Å². The average molecular weight is 310 g/mol. The fourth-order valence-corrected chi connectivity index (χ4v) is 3.09. The standard InChI is InChI=1S/C13H18N4O3S/c1-19-13(18)11-10(15)9(8-14)12(21-11)16-2-3-17-4-6-20-7-5-17/h16H,2-7,15H2,1H3. The molecule has 0 spiro atoms. The molecule has 0 bridgehead atoms. The van der Waals surface area contributed by atoms with Crippen LogP contribution in [0.25, 0.3) is 0 Å². The van der Waals surface area contributed by atoms with Gasteiger partial charge >= 0.3 is 5.97 Å². The molecule has 0 aliphatic carbocycles. The maximum Gasteiger partial charge on any atom is 0.350 e. The summed E-state index contributed by atoms with van der Waals surface area (Å²) in [4.78, 5) is 14.1. The SMILES string of the molecule is COC(=O)c1sc(NCCN2CCOCC2)c(C#N)c1N. The Morgan fingerprint density at radius 1 is 1.57 bits per heavy atom. The van der Waals surface area contributed by atoms with Crippen LogP contribution in [0.2, 0.25) is 0 Å². The molecule has 1 aliphatic heterocycles. The van der Waals surface area contributed by atoms with Gasteiger partial charge in [0.05, 0.1) is 26.0 Å². The summed E-state index contributed by atoms with van der Waals surface area (Å²) in [5.74, 6) is -0.518. The highest BCUT2D eigenvalue weighted by Gasteiger charge is 2.21. The summed E-state index contributed by atoms with van der Waals surface area (Å²) >= 11 is 1.15. The van der Waals surface area contributed by atoms with E-state index in [1.165, 1.54) is 7.11 Å². The number of carbonyl (C=O) groups excluding carboxylic acids is 1. The number of nitrogens with zero attached hydrogens (tertiary/aromatic N) is 2. The van der Waals surface area contributed by atoms with Crippen LogP contribution in [0.3, 0.4) is 0 Å². The van der Waals surface area contributed by atoms with Crippen molar-refractivity contribution in [3.63, 3.8) is 0 Å². The fraction of sp³-hybridized carbons (Fsp3) is 0.538. The summed E-state index contributed by atoms with van der Waals surface area (Å²) in [6.45, 7) is 4.85. The first-order chi connectivity index (χ1) is 10.2. The first-order valence-corrected chi connectivity index (χ1v) is 7.43. The van der Waals surface area contributed by atoms with Gasteiger partial charge in [0.25, 0.3) is 0 Å². The van der Waals surface area contributed by atoms with E-state index in [1.54, 1.807) is 0 Å². The summed E-state index contributed by atoms with van der Waals surface area (Å²) in [6, 6.07) is 2.03. The third-order valence-electron chi connectivity index (χ3n) is 3.25. The van der Waals surface area contributed by atoms with Crippen molar-refractivity contribution in [2.24, 2.45) is 0 Å². The highest BCUT2D eigenvalue weighted by Crippen LogP contribution is 2.35. The molecule has 1 aliphatic rings. The predicted molar refractivity (Wildman–Crippen MR) is 80.5 cm³/mol. The molecule has 1 aromatic heterocycles. The molecule has 0 unspecified atom stereocenters. The molecule has 8 heteroatoms. The Morgan fingerprint density at radius 3 is 2.90 bits per heavy atom. The van der Waals surface area contributed by atoms with Crippen molar-refractivity contribution in [1.82, 2.24) is 4.90 Å². The second-order valence-corrected chi connectivity index (χ2v) is 5.55. The van der Waals surface area contributed by atoms with Crippen molar-refractivity contribution in [2.45, 2.75) is 0 Å². The van der Waals surface area contributed by atoms with Gasteiger partial charge in [0, 0.05) is 26.2 Å². The number of morpholine rings is 1. The number of nitrogens with one attached hydrogen (secondary N) is 1. The second kappa shape index (κ2) is 7.26. The van der Waals surface area contributed by atoms with Crippen molar-refractivity contribution in [2.75, 3.05) is 57.6 Å². The van der Waals surface area contributed by atoms with E-state index in [-0.39, 0.29) is 10.6 Å². The Bertz CT molecular complexity index is 546. The third kappa shape index (κ3) is 3.64. The number of anilines is 2. The van der Waals surface area contributed by atoms with Gasteiger partial charge in [0.1, 0.15) is 21.5 Å². The number of rotatable bonds is 5. The first-order valence-electron chi connectivity index (χ1n) is 6.62. The van der Waals surface area contributed by atoms with Gasteiger partial charge in [-0.3, -0.25) is 4.90 Å². The highest BCUT2D eigenvalue weighted by molar-refractivity contribution is 7.18. The Kier molecular flexibility index (Phi) is 5.38. The van der Waals surface area contributed by atoms with Gasteiger partial charge in [-0.2, -0.15) is 5.26 Å². The molecule has 0 amide bonds. The van der Waals surface area contributed by atoms with Crippen LogP contribution < -0.4 is 11.1 Å². The molecule has 3 N–H and O–H groups in total. The van der Waals surface area contributed by atoms with E-state index in [0.29, 0.717) is 17.1 Å². The van der Waals surface area contributed by atoms with Gasteiger partial charge in [-0.1, -0.05) is 0 Å². The summed E-state index contributed by atoms with van der Waals surface area (Å²) in [6.07, 6.45) is 0. The van der Waals surface area contributed by atoms with Gasteiger partial charge in [0.15, 0.2) is 0 Å². The number of nitrogen functional groups attached to an aromatic ring is 1. The lowest BCUT2D eigenvalue weighted by atomic mass is 10.2.